The Morgan fingerprint density at radius 1 is 1.06 bits per heavy atom. The van der Waals surface area contributed by atoms with Gasteiger partial charge in [-0.05, 0) is 0 Å². The highest BCUT2D eigenvalue weighted by atomic mass is 16.6. The number of hydrogen-bond donors (Lipinski definition) is 3. The number of piperidine rings is 3. The second-order valence-corrected chi connectivity index (χ2v) is 5.21. The van der Waals surface area contributed by atoms with E-state index in [2.05, 4.69) is 4.90 Å². The summed E-state index contributed by atoms with van der Waals surface area (Å²) in [5, 5.41) is 11.4. The summed E-state index contributed by atoms with van der Waals surface area (Å²) in [7, 11) is 0. The molecule has 0 spiro atoms. The van der Waals surface area contributed by atoms with Crippen molar-refractivity contribution in [2.45, 2.75) is 42.9 Å². The van der Waals surface area contributed by atoms with Gasteiger partial charge >= 0.3 is 0 Å². The summed E-state index contributed by atoms with van der Waals surface area (Å²) in [6.07, 6.45) is 1.59. The largest absolute Gasteiger partial charge is 0.329 e. The lowest BCUT2D eigenvalue weighted by Gasteiger charge is -2.55. The molecule has 17 heavy (non-hydrogen) atoms. The second-order valence-electron chi connectivity index (χ2n) is 5.21. The van der Waals surface area contributed by atoms with E-state index in [1.54, 1.807) is 0 Å². The van der Waals surface area contributed by atoms with Gasteiger partial charge in [0.15, 0.2) is 0 Å². The molecule has 3 aliphatic rings. The Labute approximate surface area is 100 Å². The van der Waals surface area contributed by atoms with Crippen molar-refractivity contribution in [2.75, 3.05) is 19.6 Å². The number of fused-ring (bicyclic) bond motifs is 3. The molecular formula is C10H21N5O2. The Morgan fingerprint density at radius 3 is 1.65 bits per heavy atom. The lowest BCUT2D eigenvalue weighted by molar-refractivity contribution is -0.588. The molecule has 3 rings (SSSR count). The SMILES string of the molecule is NCC1CC2([N+](=O)[O-])C[C@@H](CN)N1[C@@H](CN)C2. The molecule has 0 amide bonds. The van der Waals surface area contributed by atoms with Gasteiger partial charge in [0.05, 0.1) is 0 Å². The topological polar surface area (TPSA) is 124 Å². The molecule has 3 heterocycles. The van der Waals surface area contributed by atoms with Crippen molar-refractivity contribution in [3.05, 3.63) is 10.1 Å². The van der Waals surface area contributed by atoms with Gasteiger partial charge in [0.25, 0.3) is 0 Å². The standard InChI is InChI=1S/C10H21N5O2/c11-4-7-1-10(15(16)17)2-8(5-12)14(7)9(3-10)6-13/h7-9H,1-6,11-13H2/t7-,8+,9?,10?. The lowest BCUT2D eigenvalue weighted by Crippen LogP contribution is -2.72. The maximum atomic E-state index is 11.4. The molecule has 0 aromatic rings. The van der Waals surface area contributed by atoms with Crippen LogP contribution >= 0.6 is 0 Å². The van der Waals surface area contributed by atoms with Crippen LogP contribution < -0.4 is 17.2 Å². The van der Waals surface area contributed by atoms with Crippen LogP contribution in [-0.4, -0.2) is 53.1 Å². The number of nitrogens with two attached hydrogens (primary N) is 3. The molecular weight excluding hydrogens is 222 g/mol. The van der Waals surface area contributed by atoms with Crippen LogP contribution in [0.15, 0.2) is 0 Å². The Hall–Kier alpha value is -0.760. The number of hydrogen-bond acceptors (Lipinski definition) is 6. The van der Waals surface area contributed by atoms with E-state index in [9.17, 15) is 10.1 Å². The molecule has 5 atom stereocenters. The van der Waals surface area contributed by atoms with Crippen molar-refractivity contribution >= 4 is 0 Å². The van der Waals surface area contributed by atoms with E-state index in [0.717, 1.165) is 0 Å². The Morgan fingerprint density at radius 2 is 1.41 bits per heavy atom. The molecule has 3 saturated heterocycles. The fraction of sp³-hybridized carbons (Fsp3) is 1.00. The van der Waals surface area contributed by atoms with Gasteiger partial charge in [0.2, 0.25) is 5.54 Å². The van der Waals surface area contributed by atoms with Gasteiger partial charge in [-0.2, -0.15) is 0 Å². The lowest BCUT2D eigenvalue weighted by atomic mass is 9.69. The van der Waals surface area contributed by atoms with E-state index in [4.69, 9.17) is 17.2 Å². The first-order valence-electron chi connectivity index (χ1n) is 6.10. The average molecular weight is 243 g/mol. The number of nitro groups is 1. The van der Waals surface area contributed by atoms with Gasteiger partial charge in [-0.1, -0.05) is 0 Å². The van der Waals surface area contributed by atoms with Crippen LogP contribution in [0.4, 0.5) is 0 Å². The van der Waals surface area contributed by atoms with E-state index in [-0.39, 0.29) is 23.0 Å². The van der Waals surface area contributed by atoms with Crippen molar-refractivity contribution in [3.63, 3.8) is 0 Å². The van der Waals surface area contributed by atoms with Gasteiger partial charge in [-0.3, -0.25) is 15.0 Å². The summed E-state index contributed by atoms with van der Waals surface area (Å²) in [6.45, 7) is 1.30. The first-order chi connectivity index (χ1) is 8.07. The van der Waals surface area contributed by atoms with E-state index >= 15 is 0 Å². The Bertz CT molecular complexity index is 275. The summed E-state index contributed by atoms with van der Waals surface area (Å²) >= 11 is 0. The summed E-state index contributed by atoms with van der Waals surface area (Å²) < 4.78 is 0. The molecule has 3 aliphatic heterocycles. The minimum atomic E-state index is -0.854. The molecule has 7 heteroatoms. The van der Waals surface area contributed by atoms with E-state index in [1.165, 1.54) is 0 Å². The van der Waals surface area contributed by atoms with Crippen molar-refractivity contribution < 1.29 is 4.92 Å². The van der Waals surface area contributed by atoms with Gasteiger partial charge in [0.1, 0.15) is 0 Å². The zero-order valence-corrected chi connectivity index (χ0v) is 9.92. The quantitative estimate of drug-likeness (QED) is 0.407. The highest BCUT2D eigenvalue weighted by Gasteiger charge is 2.59. The first-order valence-corrected chi connectivity index (χ1v) is 6.10. The van der Waals surface area contributed by atoms with Gasteiger partial charge in [-0.15, -0.1) is 0 Å². The number of rotatable bonds is 4. The van der Waals surface area contributed by atoms with Crippen LogP contribution in [0.5, 0.6) is 0 Å². The zero-order chi connectivity index (χ0) is 12.6. The molecule has 3 unspecified atom stereocenters. The fourth-order valence-electron chi connectivity index (χ4n) is 3.62. The maximum absolute atomic E-state index is 11.4. The van der Waals surface area contributed by atoms with Gasteiger partial charge < -0.3 is 17.2 Å². The van der Waals surface area contributed by atoms with Crippen LogP contribution in [0.2, 0.25) is 0 Å². The predicted molar refractivity (Wildman–Crippen MR) is 63.9 cm³/mol. The molecule has 0 aromatic heterocycles. The summed E-state index contributed by atoms with van der Waals surface area (Å²) in [5.41, 5.74) is 16.4. The molecule has 7 nitrogen and oxygen atoms in total. The van der Waals surface area contributed by atoms with Gasteiger partial charge in [-0.25, -0.2) is 0 Å². The van der Waals surface area contributed by atoms with Crippen LogP contribution in [0.1, 0.15) is 19.3 Å². The third kappa shape index (κ3) is 1.83. The monoisotopic (exact) mass is 243 g/mol. The average Bonchev–Trinajstić information content (AvgIpc) is 2.37. The smallest absolute Gasteiger partial charge is 0.226 e. The van der Waals surface area contributed by atoms with E-state index < -0.39 is 5.54 Å². The van der Waals surface area contributed by atoms with E-state index in [1.807, 2.05) is 0 Å². The fourth-order valence-corrected chi connectivity index (χ4v) is 3.62. The minimum absolute atomic E-state index is 0.0463. The molecule has 6 N–H and O–H groups in total. The molecule has 0 saturated carbocycles. The van der Waals surface area contributed by atoms with Crippen molar-refractivity contribution in [3.8, 4) is 0 Å². The van der Waals surface area contributed by atoms with Crippen LogP contribution in [0.25, 0.3) is 0 Å². The molecule has 0 aliphatic carbocycles. The molecule has 98 valence electrons. The highest BCUT2D eigenvalue weighted by Crippen LogP contribution is 2.44. The second kappa shape index (κ2) is 4.49. The van der Waals surface area contributed by atoms with Gasteiger partial charge in [0, 0.05) is 61.9 Å². The van der Waals surface area contributed by atoms with E-state index in [0.29, 0.717) is 38.9 Å². The van der Waals surface area contributed by atoms with Crippen LogP contribution in [0, 0.1) is 10.1 Å². The van der Waals surface area contributed by atoms with Crippen LogP contribution in [0.3, 0.4) is 0 Å². The minimum Gasteiger partial charge on any atom is -0.329 e. The normalized spacial score (nSPS) is 44.9. The third-order valence-corrected chi connectivity index (χ3v) is 4.32. The molecule has 0 aromatic carbocycles. The highest BCUT2D eigenvalue weighted by molar-refractivity contribution is 5.07. The Balaban J connectivity index is 2.33. The predicted octanol–water partition coefficient (Wildman–Crippen LogP) is -1.52. The zero-order valence-electron chi connectivity index (χ0n) is 9.92. The first kappa shape index (κ1) is 12.7. The molecule has 3 fully saturated rings. The van der Waals surface area contributed by atoms with Crippen LogP contribution in [-0.2, 0) is 0 Å². The number of nitrogens with zero attached hydrogens (tertiary/aromatic N) is 2. The molecule has 2 bridgehead atoms. The Kier molecular flexibility index (Phi) is 3.35. The van der Waals surface area contributed by atoms with Crippen molar-refractivity contribution in [1.82, 2.24) is 4.90 Å². The third-order valence-electron chi connectivity index (χ3n) is 4.32. The summed E-state index contributed by atoms with van der Waals surface area (Å²) in [4.78, 5) is 13.5. The summed E-state index contributed by atoms with van der Waals surface area (Å²) in [5.74, 6) is 0. The van der Waals surface area contributed by atoms with Crippen molar-refractivity contribution in [2.24, 2.45) is 17.2 Å². The maximum Gasteiger partial charge on any atom is 0.226 e. The van der Waals surface area contributed by atoms with Crippen molar-refractivity contribution in [1.29, 1.82) is 0 Å². The molecule has 0 radical (unpaired) electrons. The summed E-state index contributed by atoms with van der Waals surface area (Å²) in [6, 6.07) is 0.139.